The largest absolute Gasteiger partial charge is 0.330 e. The molecule has 0 aliphatic carbocycles. The number of nitrogens with two attached hydrogens (primary N) is 1. The Morgan fingerprint density at radius 1 is 1.46 bits per heavy atom. The highest BCUT2D eigenvalue weighted by Gasteiger charge is 2.03. The molecule has 2 aromatic heterocycles. The molecule has 0 atom stereocenters. The van der Waals surface area contributed by atoms with Crippen molar-refractivity contribution in [1.29, 1.82) is 0 Å². The van der Waals surface area contributed by atoms with Crippen LogP contribution in [0.3, 0.4) is 0 Å². The van der Waals surface area contributed by atoms with Crippen molar-refractivity contribution >= 4 is 21.6 Å². The molecule has 2 N–H and O–H groups in total. The summed E-state index contributed by atoms with van der Waals surface area (Å²) in [6, 6.07) is 3.88. The zero-order valence-electron chi connectivity index (χ0n) is 6.94. The summed E-state index contributed by atoms with van der Waals surface area (Å²) in [5.41, 5.74) is 6.30. The van der Waals surface area contributed by atoms with Crippen molar-refractivity contribution in [3.05, 3.63) is 28.6 Å². The van der Waals surface area contributed by atoms with Gasteiger partial charge in [-0.2, -0.15) is 0 Å². The summed E-state index contributed by atoms with van der Waals surface area (Å²) in [5.74, 6) is 0.907. The van der Waals surface area contributed by atoms with Gasteiger partial charge in [0.25, 0.3) is 0 Å². The third-order valence-electron chi connectivity index (χ3n) is 1.81. The first-order valence-electron chi connectivity index (χ1n) is 4.00. The minimum atomic E-state index is 0.594. The van der Waals surface area contributed by atoms with E-state index in [2.05, 4.69) is 26.1 Å². The van der Waals surface area contributed by atoms with Crippen LogP contribution in [0.15, 0.2) is 22.8 Å². The number of fused-ring (bicyclic) bond motifs is 1. The average Bonchev–Trinajstić information content (AvgIpc) is 2.49. The molecule has 0 bridgehead atoms. The van der Waals surface area contributed by atoms with E-state index < -0.39 is 0 Å². The lowest BCUT2D eigenvalue weighted by Gasteiger charge is -1.96. The Labute approximate surface area is 83.9 Å². The van der Waals surface area contributed by atoms with E-state index >= 15 is 0 Å². The van der Waals surface area contributed by atoms with Crippen LogP contribution in [0.5, 0.6) is 0 Å². The van der Waals surface area contributed by atoms with Crippen molar-refractivity contribution in [3.8, 4) is 0 Å². The summed E-state index contributed by atoms with van der Waals surface area (Å²) in [6.07, 6.45) is 2.69. The number of halogens is 1. The standard InChI is InChI=1S/C8H9BrN4/c9-6-2-4-13-7(1-3-10)11-12-8(13)5-6/h2,4-5H,1,3,10H2. The Balaban J connectivity index is 2.55. The van der Waals surface area contributed by atoms with Crippen LogP contribution in [0, 0.1) is 0 Å². The van der Waals surface area contributed by atoms with Gasteiger partial charge in [-0.25, -0.2) is 0 Å². The normalized spacial score (nSPS) is 10.9. The highest BCUT2D eigenvalue weighted by Crippen LogP contribution is 2.12. The van der Waals surface area contributed by atoms with Gasteiger partial charge < -0.3 is 5.73 Å². The molecular formula is C8H9BrN4. The van der Waals surface area contributed by atoms with Crippen LogP contribution in [0.25, 0.3) is 5.65 Å². The van der Waals surface area contributed by atoms with E-state index in [0.29, 0.717) is 6.54 Å². The van der Waals surface area contributed by atoms with E-state index in [1.54, 1.807) is 0 Å². The summed E-state index contributed by atoms with van der Waals surface area (Å²) < 4.78 is 2.95. The number of rotatable bonds is 2. The van der Waals surface area contributed by atoms with E-state index in [9.17, 15) is 0 Å². The molecule has 0 radical (unpaired) electrons. The lowest BCUT2D eigenvalue weighted by Crippen LogP contribution is -2.06. The van der Waals surface area contributed by atoms with Gasteiger partial charge in [0.15, 0.2) is 5.65 Å². The zero-order valence-corrected chi connectivity index (χ0v) is 8.53. The first-order valence-corrected chi connectivity index (χ1v) is 4.80. The molecule has 0 unspecified atom stereocenters. The fraction of sp³-hybridized carbons (Fsp3) is 0.250. The summed E-state index contributed by atoms with van der Waals surface area (Å²) in [5, 5.41) is 8.06. The molecule has 0 aliphatic rings. The van der Waals surface area contributed by atoms with Crippen LogP contribution >= 0.6 is 15.9 Å². The topological polar surface area (TPSA) is 56.2 Å². The van der Waals surface area contributed by atoms with Gasteiger partial charge in [-0.05, 0) is 18.7 Å². The summed E-state index contributed by atoms with van der Waals surface area (Å²) in [4.78, 5) is 0. The maximum atomic E-state index is 5.45. The van der Waals surface area contributed by atoms with E-state index in [1.807, 2.05) is 22.7 Å². The molecule has 68 valence electrons. The fourth-order valence-electron chi connectivity index (χ4n) is 1.22. The van der Waals surface area contributed by atoms with Gasteiger partial charge in [0.2, 0.25) is 0 Å². The molecule has 2 rings (SSSR count). The summed E-state index contributed by atoms with van der Waals surface area (Å²) in [6.45, 7) is 0.594. The summed E-state index contributed by atoms with van der Waals surface area (Å²) in [7, 11) is 0. The highest BCUT2D eigenvalue weighted by molar-refractivity contribution is 9.10. The monoisotopic (exact) mass is 240 g/mol. The fourth-order valence-corrected chi connectivity index (χ4v) is 1.54. The first kappa shape index (κ1) is 8.65. The molecule has 13 heavy (non-hydrogen) atoms. The Morgan fingerprint density at radius 2 is 2.31 bits per heavy atom. The molecule has 0 amide bonds. The number of hydrogen-bond acceptors (Lipinski definition) is 3. The zero-order chi connectivity index (χ0) is 9.26. The molecule has 0 saturated carbocycles. The third kappa shape index (κ3) is 1.57. The minimum Gasteiger partial charge on any atom is -0.330 e. The van der Waals surface area contributed by atoms with E-state index in [1.165, 1.54) is 0 Å². The Hall–Kier alpha value is -0.940. The minimum absolute atomic E-state index is 0.594. The number of aromatic nitrogens is 3. The highest BCUT2D eigenvalue weighted by atomic mass is 79.9. The summed E-state index contributed by atoms with van der Waals surface area (Å²) >= 11 is 3.37. The molecule has 0 spiro atoms. The molecule has 4 nitrogen and oxygen atoms in total. The van der Waals surface area contributed by atoms with Gasteiger partial charge in [0.1, 0.15) is 5.82 Å². The smallest absolute Gasteiger partial charge is 0.161 e. The Morgan fingerprint density at radius 3 is 3.08 bits per heavy atom. The Kier molecular flexibility index (Phi) is 2.28. The van der Waals surface area contributed by atoms with Gasteiger partial charge in [0, 0.05) is 17.1 Å². The third-order valence-corrected chi connectivity index (χ3v) is 2.30. The van der Waals surface area contributed by atoms with Crippen LogP contribution in [0.1, 0.15) is 5.82 Å². The predicted octanol–water partition coefficient (Wildman–Crippen LogP) is 0.993. The van der Waals surface area contributed by atoms with Crippen LogP contribution in [0.2, 0.25) is 0 Å². The maximum absolute atomic E-state index is 5.45. The van der Waals surface area contributed by atoms with Crippen molar-refractivity contribution in [2.45, 2.75) is 6.42 Å². The van der Waals surface area contributed by atoms with Crippen LogP contribution < -0.4 is 5.73 Å². The van der Waals surface area contributed by atoms with Gasteiger partial charge in [-0.15, -0.1) is 10.2 Å². The van der Waals surface area contributed by atoms with E-state index in [4.69, 9.17) is 5.73 Å². The quantitative estimate of drug-likeness (QED) is 0.853. The lowest BCUT2D eigenvalue weighted by molar-refractivity contribution is 0.848. The van der Waals surface area contributed by atoms with Gasteiger partial charge in [-0.1, -0.05) is 15.9 Å². The molecule has 2 aromatic rings. The van der Waals surface area contributed by atoms with Gasteiger partial charge in [0.05, 0.1) is 0 Å². The van der Waals surface area contributed by atoms with E-state index in [-0.39, 0.29) is 0 Å². The molecule has 0 aromatic carbocycles. The first-order chi connectivity index (χ1) is 6.31. The maximum Gasteiger partial charge on any atom is 0.161 e. The second kappa shape index (κ2) is 3.43. The number of hydrogen-bond donors (Lipinski definition) is 1. The molecule has 0 fully saturated rings. The second-order valence-corrected chi connectivity index (χ2v) is 3.64. The van der Waals surface area contributed by atoms with Gasteiger partial charge in [-0.3, -0.25) is 4.40 Å². The van der Waals surface area contributed by atoms with Crippen LogP contribution in [0.4, 0.5) is 0 Å². The molecule has 0 saturated heterocycles. The molecule has 0 aliphatic heterocycles. The number of nitrogens with zero attached hydrogens (tertiary/aromatic N) is 3. The van der Waals surface area contributed by atoms with Crippen molar-refractivity contribution in [2.24, 2.45) is 5.73 Å². The van der Waals surface area contributed by atoms with Crippen molar-refractivity contribution in [3.63, 3.8) is 0 Å². The van der Waals surface area contributed by atoms with Crippen LogP contribution in [-0.4, -0.2) is 21.1 Å². The van der Waals surface area contributed by atoms with Gasteiger partial charge >= 0.3 is 0 Å². The average molecular weight is 241 g/mol. The Bertz CT molecular complexity index is 423. The van der Waals surface area contributed by atoms with Crippen molar-refractivity contribution < 1.29 is 0 Å². The SMILES string of the molecule is NCCc1nnc2cc(Br)ccn12. The molecular weight excluding hydrogens is 232 g/mol. The van der Waals surface area contributed by atoms with Crippen LogP contribution in [-0.2, 0) is 6.42 Å². The molecule has 5 heteroatoms. The van der Waals surface area contributed by atoms with Crippen molar-refractivity contribution in [2.75, 3.05) is 6.54 Å². The van der Waals surface area contributed by atoms with Crippen molar-refractivity contribution in [1.82, 2.24) is 14.6 Å². The number of pyridine rings is 1. The lowest BCUT2D eigenvalue weighted by atomic mass is 10.4. The second-order valence-electron chi connectivity index (χ2n) is 2.73. The molecule has 2 heterocycles. The van der Waals surface area contributed by atoms with E-state index in [0.717, 1.165) is 22.4 Å². The predicted molar refractivity (Wildman–Crippen MR) is 53.4 cm³/mol.